The number of benzene rings is 2. The average molecular weight is 383 g/mol. The van der Waals surface area contributed by atoms with E-state index in [9.17, 15) is 4.79 Å². The minimum absolute atomic E-state index is 0.179. The van der Waals surface area contributed by atoms with Crippen LogP contribution in [0.2, 0.25) is 5.02 Å². The molecule has 0 saturated heterocycles. The Hall–Kier alpha value is -1.52. The average Bonchev–Trinajstić information content (AvgIpc) is 2.50. The summed E-state index contributed by atoms with van der Waals surface area (Å²) in [6, 6.07) is 12.8. The number of halogens is 2. The topological polar surface area (TPSA) is 38.3 Å². The van der Waals surface area contributed by atoms with Gasteiger partial charge in [-0.3, -0.25) is 4.79 Å². The minimum atomic E-state index is -0.562. The van der Waals surface area contributed by atoms with Gasteiger partial charge in [-0.2, -0.15) is 0 Å². The van der Waals surface area contributed by atoms with Crippen LogP contribution in [0.3, 0.4) is 0 Å². The molecule has 22 heavy (non-hydrogen) atoms. The second kappa shape index (κ2) is 7.65. The molecular formula is C17H17BrClNO2. The van der Waals surface area contributed by atoms with Crippen LogP contribution >= 0.6 is 27.5 Å². The Morgan fingerprint density at radius 3 is 2.68 bits per heavy atom. The molecule has 0 saturated carbocycles. The van der Waals surface area contributed by atoms with Gasteiger partial charge >= 0.3 is 0 Å². The van der Waals surface area contributed by atoms with Crippen LogP contribution in [0.1, 0.15) is 18.9 Å². The van der Waals surface area contributed by atoms with Crippen molar-refractivity contribution in [3.8, 4) is 5.75 Å². The molecule has 0 spiro atoms. The number of carbonyl (C=O) groups is 1. The molecule has 3 nitrogen and oxygen atoms in total. The van der Waals surface area contributed by atoms with Crippen molar-refractivity contribution in [1.29, 1.82) is 0 Å². The van der Waals surface area contributed by atoms with E-state index in [1.165, 1.54) is 0 Å². The molecule has 0 aromatic heterocycles. The molecule has 2 aromatic carbocycles. The van der Waals surface area contributed by atoms with E-state index in [-0.39, 0.29) is 5.91 Å². The molecule has 0 aliphatic carbocycles. The van der Waals surface area contributed by atoms with Crippen LogP contribution in [0.4, 0.5) is 5.69 Å². The van der Waals surface area contributed by atoms with Crippen molar-refractivity contribution in [2.24, 2.45) is 0 Å². The minimum Gasteiger partial charge on any atom is -0.481 e. The molecule has 2 aromatic rings. The Bertz CT molecular complexity index is 675. The zero-order chi connectivity index (χ0) is 16.1. The van der Waals surface area contributed by atoms with Gasteiger partial charge in [-0.1, -0.05) is 30.7 Å². The highest BCUT2D eigenvalue weighted by Crippen LogP contribution is 2.24. The monoisotopic (exact) mass is 381 g/mol. The summed E-state index contributed by atoms with van der Waals surface area (Å²) in [5.74, 6) is 0.457. The van der Waals surface area contributed by atoms with E-state index < -0.39 is 6.10 Å². The van der Waals surface area contributed by atoms with E-state index in [4.69, 9.17) is 16.3 Å². The highest BCUT2D eigenvalue weighted by Gasteiger charge is 2.19. The first-order chi connectivity index (χ1) is 10.5. The number of hydrogen-bond acceptors (Lipinski definition) is 2. The number of ether oxygens (including phenoxy) is 1. The molecular weight excluding hydrogens is 366 g/mol. The van der Waals surface area contributed by atoms with Gasteiger partial charge < -0.3 is 10.1 Å². The van der Waals surface area contributed by atoms with Gasteiger partial charge in [0.1, 0.15) is 5.75 Å². The van der Waals surface area contributed by atoms with E-state index in [1.54, 1.807) is 12.1 Å². The van der Waals surface area contributed by atoms with E-state index in [1.807, 2.05) is 44.2 Å². The zero-order valence-corrected chi connectivity index (χ0v) is 14.7. The Labute approximate surface area is 143 Å². The number of aryl methyl sites for hydroxylation is 1. The third kappa shape index (κ3) is 4.24. The predicted molar refractivity (Wildman–Crippen MR) is 93.7 cm³/mol. The molecule has 0 aliphatic heterocycles. The SMILES string of the molecule is CC[C@@H](Oc1ccc(Cl)c(C)c1)C(=O)Nc1ccccc1Br. The largest absolute Gasteiger partial charge is 0.481 e. The zero-order valence-electron chi connectivity index (χ0n) is 12.4. The van der Waals surface area contributed by atoms with Crippen molar-refractivity contribution < 1.29 is 9.53 Å². The maximum atomic E-state index is 12.4. The number of nitrogens with one attached hydrogen (secondary N) is 1. The van der Waals surface area contributed by atoms with Crippen molar-refractivity contribution in [3.63, 3.8) is 0 Å². The molecule has 1 amide bonds. The van der Waals surface area contributed by atoms with Crippen LogP contribution in [-0.4, -0.2) is 12.0 Å². The second-order valence-electron chi connectivity index (χ2n) is 4.89. The van der Waals surface area contributed by atoms with Crippen molar-refractivity contribution >= 4 is 39.1 Å². The lowest BCUT2D eigenvalue weighted by molar-refractivity contribution is -0.122. The third-order valence-electron chi connectivity index (χ3n) is 3.20. The highest BCUT2D eigenvalue weighted by atomic mass is 79.9. The van der Waals surface area contributed by atoms with Crippen LogP contribution in [0, 0.1) is 6.92 Å². The Kier molecular flexibility index (Phi) is 5.86. The molecule has 0 radical (unpaired) electrons. The first kappa shape index (κ1) is 16.8. The van der Waals surface area contributed by atoms with E-state index >= 15 is 0 Å². The number of anilines is 1. The van der Waals surface area contributed by atoms with Gasteiger partial charge in [-0.25, -0.2) is 0 Å². The summed E-state index contributed by atoms with van der Waals surface area (Å²) in [6.45, 7) is 3.81. The van der Waals surface area contributed by atoms with Gasteiger partial charge in [-0.05, 0) is 65.2 Å². The van der Waals surface area contributed by atoms with Crippen molar-refractivity contribution in [1.82, 2.24) is 0 Å². The number of amides is 1. The van der Waals surface area contributed by atoms with Gasteiger partial charge in [0.15, 0.2) is 6.10 Å². The molecule has 116 valence electrons. The maximum absolute atomic E-state index is 12.4. The normalized spacial score (nSPS) is 11.8. The fourth-order valence-corrected chi connectivity index (χ4v) is 2.45. The van der Waals surface area contributed by atoms with Crippen LogP contribution in [0.25, 0.3) is 0 Å². The van der Waals surface area contributed by atoms with E-state index in [0.29, 0.717) is 17.2 Å². The molecule has 0 fully saturated rings. The summed E-state index contributed by atoms with van der Waals surface area (Å²) in [5, 5.41) is 3.55. The third-order valence-corrected chi connectivity index (χ3v) is 4.32. The number of hydrogen-bond donors (Lipinski definition) is 1. The van der Waals surface area contributed by atoms with E-state index in [2.05, 4.69) is 21.2 Å². The lowest BCUT2D eigenvalue weighted by atomic mass is 10.2. The summed E-state index contributed by atoms with van der Waals surface area (Å²) in [4.78, 5) is 12.4. The molecule has 0 bridgehead atoms. The van der Waals surface area contributed by atoms with Gasteiger partial charge in [0.2, 0.25) is 0 Å². The fraction of sp³-hybridized carbons (Fsp3) is 0.235. The summed E-state index contributed by atoms with van der Waals surface area (Å²) in [7, 11) is 0. The van der Waals surface area contributed by atoms with Gasteiger partial charge in [0, 0.05) is 9.50 Å². The quantitative estimate of drug-likeness (QED) is 0.771. The Morgan fingerprint density at radius 2 is 2.05 bits per heavy atom. The molecule has 0 heterocycles. The van der Waals surface area contributed by atoms with Crippen molar-refractivity contribution in [3.05, 3.63) is 57.5 Å². The first-order valence-corrected chi connectivity index (χ1v) is 8.16. The molecule has 0 unspecified atom stereocenters. The van der Waals surface area contributed by atoms with Crippen molar-refractivity contribution in [2.75, 3.05) is 5.32 Å². The number of para-hydroxylation sites is 1. The summed E-state index contributed by atoms with van der Waals surface area (Å²) in [5.41, 5.74) is 1.64. The Morgan fingerprint density at radius 1 is 1.32 bits per heavy atom. The number of rotatable bonds is 5. The standard InChI is InChI=1S/C17H17BrClNO2/c1-3-16(22-12-8-9-14(19)11(2)10-12)17(21)20-15-7-5-4-6-13(15)18/h4-10,16H,3H2,1-2H3,(H,20,21)/t16-/m1/s1. The molecule has 1 atom stereocenters. The maximum Gasteiger partial charge on any atom is 0.265 e. The first-order valence-electron chi connectivity index (χ1n) is 6.99. The lowest BCUT2D eigenvalue weighted by Crippen LogP contribution is -2.32. The smallest absolute Gasteiger partial charge is 0.265 e. The van der Waals surface area contributed by atoms with Gasteiger partial charge in [0.05, 0.1) is 5.69 Å². The molecule has 2 rings (SSSR count). The Balaban J connectivity index is 2.09. The molecule has 1 N–H and O–H groups in total. The van der Waals surface area contributed by atoms with Crippen LogP contribution < -0.4 is 10.1 Å². The van der Waals surface area contributed by atoms with Crippen LogP contribution in [0.15, 0.2) is 46.9 Å². The summed E-state index contributed by atoms with van der Waals surface area (Å²) < 4.78 is 6.62. The van der Waals surface area contributed by atoms with Gasteiger partial charge in [0.25, 0.3) is 5.91 Å². The van der Waals surface area contributed by atoms with Crippen molar-refractivity contribution in [2.45, 2.75) is 26.4 Å². The second-order valence-corrected chi connectivity index (χ2v) is 6.16. The fourth-order valence-electron chi connectivity index (χ4n) is 1.95. The summed E-state index contributed by atoms with van der Waals surface area (Å²) >= 11 is 9.41. The van der Waals surface area contributed by atoms with Crippen LogP contribution in [-0.2, 0) is 4.79 Å². The molecule has 0 aliphatic rings. The van der Waals surface area contributed by atoms with E-state index in [0.717, 1.165) is 15.7 Å². The van der Waals surface area contributed by atoms with Crippen LogP contribution in [0.5, 0.6) is 5.75 Å². The number of carbonyl (C=O) groups excluding carboxylic acids is 1. The predicted octanol–water partition coefficient (Wildman–Crippen LogP) is 5.21. The highest BCUT2D eigenvalue weighted by molar-refractivity contribution is 9.10. The lowest BCUT2D eigenvalue weighted by Gasteiger charge is -2.18. The molecule has 5 heteroatoms. The summed E-state index contributed by atoms with van der Waals surface area (Å²) in [6.07, 6.45) is 0.00509. The van der Waals surface area contributed by atoms with Gasteiger partial charge in [-0.15, -0.1) is 0 Å².